The smallest absolute Gasteiger partial charge is 0.259 e. The summed E-state index contributed by atoms with van der Waals surface area (Å²) in [6.07, 6.45) is 1.71. The van der Waals surface area contributed by atoms with Crippen LogP contribution in [0.5, 0.6) is 0 Å². The van der Waals surface area contributed by atoms with Gasteiger partial charge in [-0.2, -0.15) is 5.26 Å². The molecule has 20 heavy (non-hydrogen) atoms. The Morgan fingerprint density at radius 1 is 1.25 bits per heavy atom. The molecule has 0 bridgehead atoms. The average molecular weight is 266 g/mol. The van der Waals surface area contributed by atoms with Crippen molar-refractivity contribution in [3.63, 3.8) is 0 Å². The summed E-state index contributed by atoms with van der Waals surface area (Å²) in [5, 5.41) is 8.73. The fourth-order valence-corrected chi connectivity index (χ4v) is 1.81. The molecular formula is C15H14N4O. The lowest BCUT2D eigenvalue weighted by molar-refractivity contribution is 0.0987. The van der Waals surface area contributed by atoms with Gasteiger partial charge < -0.3 is 10.6 Å². The maximum atomic E-state index is 12.5. The molecule has 0 saturated carbocycles. The zero-order valence-corrected chi connectivity index (χ0v) is 10.9. The minimum atomic E-state index is -0.195. The maximum absolute atomic E-state index is 12.5. The van der Waals surface area contributed by atoms with Crippen molar-refractivity contribution in [2.24, 2.45) is 0 Å². The van der Waals surface area contributed by atoms with Gasteiger partial charge in [0.15, 0.2) is 0 Å². The summed E-state index contributed by atoms with van der Waals surface area (Å²) in [6.45, 7) is 0.337. The Balaban J connectivity index is 2.29. The van der Waals surface area contributed by atoms with Gasteiger partial charge in [-0.25, -0.2) is 4.98 Å². The minimum absolute atomic E-state index is 0.195. The first-order valence-corrected chi connectivity index (χ1v) is 6.18. The van der Waals surface area contributed by atoms with Crippen molar-refractivity contribution in [2.75, 3.05) is 17.2 Å². The van der Waals surface area contributed by atoms with E-state index in [1.807, 2.05) is 30.3 Å². The number of carbonyl (C=O) groups is 1. The number of benzene rings is 1. The molecule has 0 spiro atoms. The van der Waals surface area contributed by atoms with Crippen molar-refractivity contribution in [2.45, 2.75) is 6.42 Å². The zero-order chi connectivity index (χ0) is 14.4. The van der Waals surface area contributed by atoms with E-state index in [1.54, 1.807) is 17.0 Å². The van der Waals surface area contributed by atoms with Crippen LogP contribution in [0.1, 0.15) is 16.8 Å². The second kappa shape index (κ2) is 6.34. The van der Waals surface area contributed by atoms with Crippen LogP contribution in [-0.4, -0.2) is 17.4 Å². The van der Waals surface area contributed by atoms with Crippen LogP contribution in [-0.2, 0) is 0 Å². The number of carbonyl (C=O) groups excluding carboxylic acids is 1. The summed E-state index contributed by atoms with van der Waals surface area (Å²) < 4.78 is 0. The molecule has 100 valence electrons. The Kier molecular flexibility index (Phi) is 4.30. The van der Waals surface area contributed by atoms with Crippen molar-refractivity contribution in [3.05, 3.63) is 54.2 Å². The summed E-state index contributed by atoms with van der Waals surface area (Å²) in [6, 6.07) is 14.5. The van der Waals surface area contributed by atoms with E-state index in [9.17, 15) is 4.79 Å². The number of nitriles is 1. The molecule has 5 nitrogen and oxygen atoms in total. The van der Waals surface area contributed by atoms with E-state index in [2.05, 4.69) is 11.1 Å². The fourth-order valence-electron chi connectivity index (χ4n) is 1.81. The maximum Gasteiger partial charge on any atom is 0.259 e. The summed E-state index contributed by atoms with van der Waals surface area (Å²) in [7, 11) is 0. The monoisotopic (exact) mass is 266 g/mol. The summed E-state index contributed by atoms with van der Waals surface area (Å²) in [4.78, 5) is 18.0. The van der Waals surface area contributed by atoms with E-state index < -0.39 is 0 Å². The highest BCUT2D eigenvalue weighted by Gasteiger charge is 2.17. The molecule has 1 heterocycles. The van der Waals surface area contributed by atoms with Gasteiger partial charge in [0, 0.05) is 18.4 Å². The summed E-state index contributed by atoms with van der Waals surface area (Å²) >= 11 is 0. The van der Waals surface area contributed by atoms with Crippen LogP contribution in [0.25, 0.3) is 0 Å². The van der Waals surface area contributed by atoms with Gasteiger partial charge >= 0.3 is 0 Å². The largest absolute Gasteiger partial charge is 0.384 e. The highest BCUT2D eigenvalue weighted by Crippen LogP contribution is 2.17. The summed E-state index contributed by atoms with van der Waals surface area (Å²) in [5.74, 6) is 0.170. The van der Waals surface area contributed by atoms with Crippen LogP contribution < -0.4 is 10.6 Å². The first kappa shape index (κ1) is 13.6. The molecule has 0 atom stereocenters. The van der Waals surface area contributed by atoms with Crippen LogP contribution in [0.2, 0.25) is 0 Å². The lowest BCUT2D eigenvalue weighted by Crippen LogP contribution is -2.31. The molecule has 0 fully saturated rings. The number of rotatable bonds is 4. The van der Waals surface area contributed by atoms with Crippen LogP contribution in [0.4, 0.5) is 11.5 Å². The van der Waals surface area contributed by atoms with Gasteiger partial charge in [-0.1, -0.05) is 18.2 Å². The van der Waals surface area contributed by atoms with E-state index in [1.165, 1.54) is 6.20 Å². The number of pyridine rings is 1. The first-order valence-electron chi connectivity index (χ1n) is 6.18. The fraction of sp³-hybridized carbons (Fsp3) is 0.133. The molecule has 0 unspecified atom stereocenters. The molecule has 2 aromatic rings. The van der Waals surface area contributed by atoms with Crippen LogP contribution in [0.3, 0.4) is 0 Å². The lowest BCUT2D eigenvalue weighted by atomic mass is 10.2. The second-order valence-corrected chi connectivity index (χ2v) is 4.17. The molecule has 1 aromatic carbocycles. The number of hydrogen-bond donors (Lipinski definition) is 1. The van der Waals surface area contributed by atoms with Gasteiger partial charge in [-0.3, -0.25) is 4.79 Å². The molecule has 2 N–H and O–H groups in total. The first-order chi connectivity index (χ1) is 9.72. The number of nitrogens with two attached hydrogens (primary N) is 1. The molecule has 1 aromatic heterocycles. The SMILES string of the molecule is N#CCCN(C(=O)c1ccc(N)nc1)c1ccccc1. The van der Waals surface area contributed by atoms with Crippen LogP contribution >= 0.6 is 0 Å². The molecule has 0 aliphatic heterocycles. The predicted octanol–water partition coefficient (Wildman–Crippen LogP) is 2.22. The van der Waals surface area contributed by atoms with E-state index in [-0.39, 0.29) is 12.3 Å². The molecule has 0 radical (unpaired) electrons. The Bertz CT molecular complexity index is 617. The third kappa shape index (κ3) is 3.12. The van der Waals surface area contributed by atoms with Crippen molar-refractivity contribution in [1.82, 2.24) is 4.98 Å². The molecule has 1 amide bonds. The molecule has 0 saturated heterocycles. The van der Waals surface area contributed by atoms with E-state index in [0.29, 0.717) is 17.9 Å². The number of hydrogen-bond acceptors (Lipinski definition) is 4. The molecule has 0 aliphatic carbocycles. The quantitative estimate of drug-likeness (QED) is 0.919. The van der Waals surface area contributed by atoms with Crippen molar-refractivity contribution in [3.8, 4) is 6.07 Å². The number of amides is 1. The van der Waals surface area contributed by atoms with Crippen LogP contribution in [0.15, 0.2) is 48.7 Å². The normalized spacial score (nSPS) is 9.75. The molecule has 5 heteroatoms. The van der Waals surface area contributed by atoms with Gasteiger partial charge in [-0.15, -0.1) is 0 Å². The lowest BCUT2D eigenvalue weighted by Gasteiger charge is -2.21. The standard InChI is InChI=1S/C15H14N4O/c16-9-4-10-19(13-5-2-1-3-6-13)15(20)12-7-8-14(17)18-11-12/h1-3,5-8,11H,4,10H2,(H2,17,18). The third-order valence-corrected chi connectivity index (χ3v) is 2.79. The number of nitrogens with zero attached hydrogens (tertiary/aromatic N) is 3. The average Bonchev–Trinajstić information content (AvgIpc) is 2.49. The van der Waals surface area contributed by atoms with Gasteiger partial charge in [0.2, 0.25) is 0 Å². The van der Waals surface area contributed by atoms with Gasteiger partial charge in [0.05, 0.1) is 18.1 Å². The minimum Gasteiger partial charge on any atom is -0.384 e. The van der Waals surface area contributed by atoms with Crippen molar-refractivity contribution in [1.29, 1.82) is 5.26 Å². The van der Waals surface area contributed by atoms with Crippen LogP contribution in [0, 0.1) is 11.3 Å². The molecular weight excluding hydrogens is 252 g/mol. The van der Waals surface area contributed by atoms with E-state index >= 15 is 0 Å². The topological polar surface area (TPSA) is 83.0 Å². The highest BCUT2D eigenvalue weighted by molar-refractivity contribution is 6.06. The summed E-state index contributed by atoms with van der Waals surface area (Å²) in [5.41, 5.74) is 6.71. The highest BCUT2D eigenvalue weighted by atomic mass is 16.2. The Labute approximate surface area is 117 Å². The predicted molar refractivity (Wildman–Crippen MR) is 77.0 cm³/mol. The van der Waals surface area contributed by atoms with Gasteiger partial charge in [-0.05, 0) is 24.3 Å². The Hall–Kier alpha value is -2.87. The van der Waals surface area contributed by atoms with E-state index in [0.717, 1.165) is 5.69 Å². The van der Waals surface area contributed by atoms with Gasteiger partial charge in [0.25, 0.3) is 5.91 Å². The second-order valence-electron chi connectivity index (χ2n) is 4.17. The number of aromatic nitrogens is 1. The zero-order valence-electron chi connectivity index (χ0n) is 10.9. The Morgan fingerprint density at radius 2 is 2.00 bits per heavy atom. The third-order valence-electron chi connectivity index (χ3n) is 2.79. The number of anilines is 2. The number of nitrogen functional groups attached to an aromatic ring is 1. The molecule has 2 rings (SSSR count). The van der Waals surface area contributed by atoms with E-state index in [4.69, 9.17) is 11.0 Å². The number of para-hydroxylation sites is 1. The van der Waals surface area contributed by atoms with Gasteiger partial charge in [0.1, 0.15) is 5.82 Å². The van der Waals surface area contributed by atoms with Crippen molar-refractivity contribution < 1.29 is 4.79 Å². The molecule has 0 aliphatic rings. The Morgan fingerprint density at radius 3 is 2.60 bits per heavy atom. The van der Waals surface area contributed by atoms with Crippen molar-refractivity contribution >= 4 is 17.4 Å².